The van der Waals surface area contributed by atoms with Gasteiger partial charge in [-0.05, 0) is 26.2 Å². The lowest BCUT2D eigenvalue weighted by molar-refractivity contribution is 0.0946. The molecule has 1 aliphatic heterocycles. The van der Waals surface area contributed by atoms with Gasteiger partial charge in [0.2, 0.25) is 0 Å². The van der Waals surface area contributed by atoms with Gasteiger partial charge >= 0.3 is 0 Å². The second-order valence-corrected chi connectivity index (χ2v) is 6.57. The number of nitrogens with one attached hydrogen (secondary N) is 5. The Balaban J connectivity index is 1.50. The molecule has 5 N–H and O–H groups in total. The van der Waals surface area contributed by atoms with Crippen molar-refractivity contribution in [1.29, 1.82) is 0 Å². The molecule has 10 heteroatoms. The van der Waals surface area contributed by atoms with Crippen molar-refractivity contribution in [2.75, 3.05) is 37.8 Å². The fourth-order valence-corrected chi connectivity index (χ4v) is 2.85. The van der Waals surface area contributed by atoms with Crippen LogP contribution in [-0.2, 0) is 0 Å². The summed E-state index contributed by atoms with van der Waals surface area (Å²) in [6.45, 7) is 1.36. The molecule has 3 aromatic heterocycles. The van der Waals surface area contributed by atoms with Crippen molar-refractivity contribution in [1.82, 2.24) is 30.4 Å². The molecule has 0 saturated carbocycles. The number of carbonyl (C=O) groups is 1. The number of likely N-dealkylation sites (N-methyl/N-ethyl adjacent to an activating group) is 1. The Kier molecular flexibility index (Phi) is 4.47. The van der Waals surface area contributed by atoms with Gasteiger partial charge in [0.05, 0.1) is 24.2 Å². The van der Waals surface area contributed by atoms with Crippen LogP contribution in [0, 0.1) is 0 Å². The van der Waals surface area contributed by atoms with Gasteiger partial charge < -0.3 is 25.8 Å². The van der Waals surface area contributed by atoms with E-state index in [1.54, 1.807) is 24.8 Å². The highest BCUT2D eigenvalue weighted by Gasteiger charge is 2.23. The van der Waals surface area contributed by atoms with Gasteiger partial charge in [-0.3, -0.25) is 9.89 Å². The van der Waals surface area contributed by atoms with Crippen LogP contribution in [0.5, 0.6) is 0 Å². The van der Waals surface area contributed by atoms with Crippen LogP contribution in [0.25, 0.3) is 10.9 Å². The molecule has 0 bridgehead atoms. The first-order valence-electron chi connectivity index (χ1n) is 8.60. The lowest BCUT2D eigenvalue weighted by Crippen LogP contribution is -2.31. The Morgan fingerprint density at radius 3 is 3.04 bits per heavy atom. The maximum atomic E-state index is 12.4. The van der Waals surface area contributed by atoms with Gasteiger partial charge in [0.15, 0.2) is 6.17 Å². The number of amides is 1. The van der Waals surface area contributed by atoms with E-state index in [2.05, 4.69) is 41.1 Å². The number of hydrogen-bond donors (Lipinski definition) is 5. The molecule has 0 radical (unpaired) electrons. The third kappa shape index (κ3) is 3.60. The molecular weight excluding hydrogens is 346 g/mol. The van der Waals surface area contributed by atoms with Crippen molar-refractivity contribution in [2.45, 2.75) is 6.17 Å². The van der Waals surface area contributed by atoms with E-state index in [9.17, 15) is 4.79 Å². The molecule has 27 heavy (non-hydrogen) atoms. The van der Waals surface area contributed by atoms with Crippen molar-refractivity contribution in [3.8, 4) is 0 Å². The molecule has 0 saturated heterocycles. The van der Waals surface area contributed by atoms with Gasteiger partial charge in [-0.2, -0.15) is 5.10 Å². The van der Waals surface area contributed by atoms with Crippen LogP contribution < -0.4 is 16.0 Å². The highest BCUT2D eigenvalue weighted by molar-refractivity contribution is 5.94. The first kappa shape index (κ1) is 17.0. The lowest BCUT2D eigenvalue weighted by Gasteiger charge is -2.19. The number of rotatable bonds is 6. The summed E-state index contributed by atoms with van der Waals surface area (Å²) in [4.78, 5) is 26.3. The minimum atomic E-state index is -0.349. The lowest BCUT2D eigenvalue weighted by atomic mass is 10.2. The van der Waals surface area contributed by atoms with E-state index in [1.165, 1.54) is 0 Å². The summed E-state index contributed by atoms with van der Waals surface area (Å²) in [6, 6.07) is 3.70. The zero-order valence-corrected chi connectivity index (χ0v) is 15.1. The second-order valence-electron chi connectivity index (χ2n) is 6.57. The minimum absolute atomic E-state index is 0.148. The van der Waals surface area contributed by atoms with Gasteiger partial charge in [0.1, 0.15) is 17.3 Å². The Morgan fingerprint density at radius 1 is 1.30 bits per heavy atom. The van der Waals surface area contributed by atoms with Gasteiger partial charge in [-0.1, -0.05) is 0 Å². The second kappa shape index (κ2) is 7.08. The summed E-state index contributed by atoms with van der Waals surface area (Å²) in [7, 11) is 3.93. The van der Waals surface area contributed by atoms with E-state index in [-0.39, 0.29) is 12.1 Å². The first-order chi connectivity index (χ1) is 13.1. The fraction of sp³-hybridized carbons (Fsp3) is 0.294. The number of pyridine rings is 1. The highest BCUT2D eigenvalue weighted by atomic mass is 16.1. The molecule has 1 unspecified atom stereocenters. The standard InChI is InChI=1S/C17H21N9O/c1-26(2)4-3-18-17(27)12-6-11-15(23-12)20-9-21-16(11)24-14-5-10-7-22-25-13(10)8-19-14/h5-9,16,23H,3-4H2,1-2H3,(H,18,27)(H,19,24)(H,20,21)(H,22,25). The zero-order valence-electron chi connectivity index (χ0n) is 15.1. The number of nitrogens with zero attached hydrogens (tertiary/aromatic N) is 4. The molecular formula is C17H21N9O. The van der Waals surface area contributed by atoms with Crippen LogP contribution in [0.1, 0.15) is 22.2 Å². The third-order valence-corrected chi connectivity index (χ3v) is 4.27. The van der Waals surface area contributed by atoms with Crippen LogP contribution >= 0.6 is 0 Å². The summed E-state index contributed by atoms with van der Waals surface area (Å²) >= 11 is 0. The molecule has 0 spiro atoms. The predicted molar refractivity (Wildman–Crippen MR) is 104 cm³/mol. The van der Waals surface area contributed by atoms with E-state index in [4.69, 9.17) is 0 Å². The smallest absolute Gasteiger partial charge is 0.267 e. The van der Waals surface area contributed by atoms with Crippen molar-refractivity contribution in [2.24, 2.45) is 4.99 Å². The van der Waals surface area contributed by atoms with E-state index in [0.29, 0.717) is 18.1 Å². The van der Waals surface area contributed by atoms with Crippen LogP contribution in [0.3, 0.4) is 0 Å². The number of carbonyl (C=O) groups excluding carboxylic acids is 1. The molecule has 1 amide bonds. The number of anilines is 2. The molecule has 1 atom stereocenters. The van der Waals surface area contributed by atoms with Crippen LogP contribution in [0.15, 0.2) is 29.5 Å². The summed E-state index contributed by atoms with van der Waals surface area (Å²) < 4.78 is 0. The average Bonchev–Trinajstić information content (AvgIpc) is 3.28. The third-order valence-electron chi connectivity index (χ3n) is 4.27. The van der Waals surface area contributed by atoms with E-state index in [1.807, 2.05) is 25.1 Å². The van der Waals surface area contributed by atoms with Crippen molar-refractivity contribution in [3.63, 3.8) is 0 Å². The number of hydrogen-bond acceptors (Lipinski definition) is 7. The molecule has 1 aliphatic rings. The zero-order chi connectivity index (χ0) is 18.8. The maximum absolute atomic E-state index is 12.4. The Bertz CT molecular complexity index is 987. The number of aromatic nitrogens is 4. The molecule has 3 aromatic rings. The Morgan fingerprint density at radius 2 is 2.19 bits per heavy atom. The number of H-pyrrole nitrogens is 2. The molecule has 0 aromatic carbocycles. The Labute approximate surface area is 155 Å². The van der Waals surface area contributed by atoms with Crippen LogP contribution in [-0.4, -0.2) is 64.5 Å². The van der Waals surface area contributed by atoms with E-state index in [0.717, 1.165) is 28.8 Å². The van der Waals surface area contributed by atoms with Gasteiger partial charge in [-0.15, -0.1) is 0 Å². The van der Waals surface area contributed by atoms with Gasteiger partial charge in [-0.25, -0.2) is 9.98 Å². The van der Waals surface area contributed by atoms with E-state index >= 15 is 0 Å². The molecule has 4 rings (SSSR count). The largest absolute Gasteiger partial charge is 0.349 e. The normalized spacial score (nSPS) is 15.6. The van der Waals surface area contributed by atoms with Crippen molar-refractivity contribution >= 4 is 34.8 Å². The molecule has 4 heterocycles. The maximum Gasteiger partial charge on any atom is 0.267 e. The molecule has 0 aliphatic carbocycles. The molecule has 10 nitrogen and oxygen atoms in total. The van der Waals surface area contributed by atoms with Gasteiger partial charge in [0.25, 0.3) is 5.91 Å². The predicted octanol–water partition coefficient (Wildman–Crippen LogP) is 1.14. The topological polar surface area (TPSA) is 126 Å². The van der Waals surface area contributed by atoms with Crippen molar-refractivity contribution < 1.29 is 4.79 Å². The molecule has 0 fully saturated rings. The SMILES string of the molecule is CN(C)CCNC(=O)c1cc2c([nH]1)NC=NC2Nc1cc2cn[nH]c2cn1. The number of aromatic amines is 2. The molecule has 140 valence electrons. The summed E-state index contributed by atoms with van der Waals surface area (Å²) in [6.07, 6.45) is 4.71. The Hall–Kier alpha value is -3.40. The van der Waals surface area contributed by atoms with Crippen LogP contribution in [0.2, 0.25) is 0 Å². The summed E-state index contributed by atoms with van der Waals surface area (Å²) in [5, 5.41) is 17.1. The van der Waals surface area contributed by atoms with Crippen molar-refractivity contribution in [3.05, 3.63) is 35.8 Å². The number of fused-ring (bicyclic) bond motifs is 2. The van der Waals surface area contributed by atoms with Gasteiger partial charge in [0, 0.05) is 24.0 Å². The minimum Gasteiger partial charge on any atom is -0.349 e. The number of aliphatic imine (C=N–C) groups is 1. The first-order valence-corrected chi connectivity index (χ1v) is 8.60. The summed E-state index contributed by atoms with van der Waals surface area (Å²) in [5.74, 6) is 1.27. The van der Waals surface area contributed by atoms with Crippen LogP contribution in [0.4, 0.5) is 11.6 Å². The quantitative estimate of drug-likeness (QED) is 0.445. The highest BCUT2D eigenvalue weighted by Crippen LogP contribution is 2.30. The average molecular weight is 367 g/mol. The fourth-order valence-electron chi connectivity index (χ4n) is 2.85. The van der Waals surface area contributed by atoms with E-state index < -0.39 is 0 Å². The monoisotopic (exact) mass is 367 g/mol. The summed E-state index contributed by atoms with van der Waals surface area (Å²) in [5.41, 5.74) is 2.21.